The monoisotopic (exact) mass is 489 g/mol. The summed E-state index contributed by atoms with van der Waals surface area (Å²) in [6, 6.07) is 17.5. The zero-order valence-electron chi connectivity index (χ0n) is 17.7. The fraction of sp³-hybridized carbons (Fsp3) is 0.0435. The molecule has 1 aromatic heterocycles. The lowest BCUT2D eigenvalue weighted by Gasteiger charge is -2.28. The van der Waals surface area contributed by atoms with Gasteiger partial charge in [-0.15, -0.1) is 0 Å². The molecule has 3 aromatic rings. The molecule has 2 aromatic carbocycles. The molecule has 0 aliphatic carbocycles. The van der Waals surface area contributed by atoms with Gasteiger partial charge in [0, 0.05) is 35.4 Å². The van der Waals surface area contributed by atoms with Gasteiger partial charge in [-0.2, -0.15) is 5.26 Å². The number of nitrogens with two attached hydrogens (primary N) is 1. The van der Waals surface area contributed by atoms with Gasteiger partial charge in [-0.3, -0.25) is 25.2 Å². The van der Waals surface area contributed by atoms with Crippen LogP contribution in [0, 0.1) is 31.6 Å². The minimum absolute atomic E-state index is 0.0382. The third kappa shape index (κ3) is 4.48. The van der Waals surface area contributed by atoms with Crippen molar-refractivity contribution >= 4 is 27.9 Å². The summed E-state index contributed by atoms with van der Waals surface area (Å²) in [6.07, 6.45) is 1.50. The van der Waals surface area contributed by atoms with Crippen LogP contribution in [0.25, 0.3) is 5.76 Å². The van der Waals surface area contributed by atoms with E-state index in [2.05, 4.69) is 4.98 Å². The Morgan fingerprint density at radius 2 is 1.57 bits per heavy atom. The minimum Gasteiger partial charge on any atom is -0.437 e. The molecule has 1 aliphatic rings. The predicted molar refractivity (Wildman–Crippen MR) is 124 cm³/mol. The number of hydrogen-bond donors (Lipinski definition) is 1. The van der Waals surface area contributed by atoms with Crippen LogP contribution in [-0.2, 0) is 15.5 Å². The molecule has 174 valence electrons. The SMILES string of the molecule is N#CC1=C(N)OC(c2ccccn2)=C(S(=O)c2ccc([N+](=O)[O-])cc2)C1c1ccc([N+](=O)[O-])cc1. The van der Waals surface area contributed by atoms with Gasteiger partial charge in [0.2, 0.25) is 5.88 Å². The first-order chi connectivity index (χ1) is 16.8. The first-order valence-corrected chi connectivity index (χ1v) is 11.1. The van der Waals surface area contributed by atoms with Gasteiger partial charge in [0.15, 0.2) is 5.76 Å². The topological polar surface area (TPSA) is 175 Å². The van der Waals surface area contributed by atoms with E-state index in [4.69, 9.17) is 10.5 Å². The standard InChI is InChI=1S/C23H15N5O6S/c24-13-18-20(14-4-6-15(7-5-14)27(29)30)22(21(34-23(18)25)19-3-1-2-12-26-19)35(33)17-10-8-16(9-11-17)28(31)32/h1-12,20H,25H2. The molecular formula is C23H15N5O6S. The molecule has 2 atom stereocenters. The first-order valence-electron chi connectivity index (χ1n) is 9.95. The van der Waals surface area contributed by atoms with Crippen LogP contribution in [0.5, 0.6) is 0 Å². The third-order valence-corrected chi connectivity index (χ3v) is 6.69. The number of hydrogen-bond acceptors (Lipinski definition) is 9. The summed E-state index contributed by atoms with van der Waals surface area (Å²) < 4.78 is 19.6. The van der Waals surface area contributed by atoms with Crippen molar-refractivity contribution in [3.05, 3.63) is 121 Å². The smallest absolute Gasteiger partial charge is 0.269 e. The zero-order valence-corrected chi connectivity index (χ0v) is 18.5. The van der Waals surface area contributed by atoms with Crippen molar-refractivity contribution in [1.82, 2.24) is 4.98 Å². The average Bonchev–Trinajstić information content (AvgIpc) is 2.88. The number of non-ortho nitro benzene ring substituents is 2. The summed E-state index contributed by atoms with van der Waals surface area (Å²) in [6.45, 7) is 0. The fourth-order valence-corrected chi connectivity index (χ4v) is 4.95. The Balaban J connectivity index is 1.95. The van der Waals surface area contributed by atoms with Crippen LogP contribution < -0.4 is 5.73 Å². The van der Waals surface area contributed by atoms with Crippen LogP contribution >= 0.6 is 0 Å². The minimum atomic E-state index is -1.99. The summed E-state index contributed by atoms with van der Waals surface area (Å²) in [5.74, 6) is -1.15. The molecule has 4 rings (SSSR count). The molecule has 2 N–H and O–H groups in total. The molecule has 12 heteroatoms. The third-order valence-electron chi connectivity index (χ3n) is 5.17. The van der Waals surface area contributed by atoms with Gasteiger partial charge >= 0.3 is 0 Å². The lowest BCUT2D eigenvalue weighted by molar-refractivity contribution is -0.385. The molecule has 0 amide bonds. The number of benzene rings is 2. The van der Waals surface area contributed by atoms with Crippen LogP contribution in [0.2, 0.25) is 0 Å². The molecule has 2 heterocycles. The van der Waals surface area contributed by atoms with E-state index in [0.717, 1.165) is 0 Å². The van der Waals surface area contributed by atoms with Crippen LogP contribution in [0.3, 0.4) is 0 Å². The Bertz CT molecular complexity index is 1440. The lowest BCUT2D eigenvalue weighted by Crippen LogP contribution is -2.23. The molecule has 0 fully saturated rings. The molecule has 0 spiro atoms. The summed E-state index contributed by atoms with van der Waals surface area (Å²) in [7, 11) is -1.99. The predicted octanol–water partition coefficient (Wildman–Crippen LogP) is 3.88. The van der Waals surface area contributed by atoms with Crippen molar-refractivity contribution in [2.24, 2.45) is 5.73 Å². The molecule has 0 bridgehead atoms. The van der Waals surface area contributed by atoms with E-state index in [0.29, 0.717) is 11.3 Å². The van der Waals surface area contributed by atoms with E-state index in [9.17, 15) is 29.7 Å². The largest absolute Gasteiger partial charge is 0.437 e. The van der Waals surface area contributed by atoms with Crippen molar-refractivity contribution in [2.45, 2.75) is 10.8 Å². The van der Waals surface area contributed by atoms with E-state index < -0.39 is 26.6 Å². The number of allylic oxidation sites excluding steroid dienone is 2. The average molecular weight is 489 g/mol. The summed E-state index contributed by atoms with van der Waals surface area (Å²) in [5.41, 5.74) is 6.39. The Morgan fingerprint density at radius 3 is 2.09 bits per heavy atom. The maximum absolute atomic E-state index is 13.9. The number of rotatable bonds is 6. The number of ether oxygens (including phenoxy) is 1. The van der Waals surface area contributed by atoms with Gasteiger partial charge in [0.05, 0.1) is 31.5 Å². The highest BCUT2D eigenvalue weighted by Gasteiger charge is 2.38. The lowest BCUT2D eigenvalue weighted by atomic mass is 9.89. The quantitative estimate of drug-likeness (QED) is 0.398. The van der Waals surface area contributed by atoms with Crippen LogP contribution in [0.15, 0.2) is 94.2 Å². The van der Waals surface area contributed by atoms with Gasteiger partial charge in [0.25, 0.3) is 11.4 Å². The van der Waals surface area contributed by atoms with Crippen molar-refractivity contribution in [3.8, 4) is 6.07 Å². The maximum atomic E-state index is 13.9. The number of nitriles is 1. The van der Waals surface area contributed by atoms with E-state index in [1.807, 2.05) is 6.07 Å². The van der Waals surface area contributed by atoms with Gasteiger partial charge in [-0.05, 0) is 29.8 Å². The number of nitro benzene ring substituents is 2. The second kappa shape index (κ2) is 9.54. The fourth-order valence-electron chi connectivity index (χ4n) is 3.53. The highest BCUT2D eigenvalue weighted by molar-refractivity contribution is 7.89. The molecular weight excluding hydrogens is 474 g/mol. The Morgan fingerprint density at radius 1 is 0.971 bits per heavy atom. The Kier molecular flexibility index (Phi) is 6.34. The highest BCUT2D eigenvalue weighted by atomic mass is 32.2. The van der Waals surface area contributed by atoms with Gasteiger partial charge < -0.3 is 10.5 Å². The molecule has 0 saturated heterocycles. The van der Waals surface area contributed by atoms with Crippen LogP contribution in [0.1, 0.15) is 17.2 Å². The number of nitro groups is 2. The van der Waals surface area contributed by atoms with Crippen molar-refractivity contribution < 1.29 is 18.8 Å². The van der Waals surface area contributed by atoms with Gasteiger partial charge in [-0.25, -0.2) is 4.21 Å². The number of nitrogens with zero attached hydrogens (tertiary/aromatic N) is 4. The molecule has 0 saturated carbocycles. The maximum Gasteiger partial charge on any atom is 0.269 e. The van der Waals surface area contributed by atoms with Crippen molar-refractivity contribution in [3.63, 3.8) is 0 Å². The second-order valence-electron chi connectivity index (χ2n) is 7.20. The summed E-state index contributed by atoms with van der Waals surface area (Å²) >= 11 is 0. The molecule has 1 aliphatic heterocycles. The van der Waals surface area contributed by atoms with Crippen LogP contribution in [0.4, 0.5) is 11.4 Å². The van der Waals surface area contributed by atoms with Crippen molar-refractivity contribution in [1.29, 1.82) is 5.26 Å². The van der Waals surface area contributed by atoms with Crippen LogP contribution in [-0.4, -0.2) is 19.0 Å². The Hall–Kier alpha value is -4.89. The van der Waals surface area contributed by atoms with E-state index in [1.54, 1.807) is 18.2 Å². The van der Waals surface area contributed by atoms with Crippen molar-refractivity contribution in [2.75, 3.05) is 0 Å². The van der Waals surface area contributed by atoms with E-state index >= 15 is 0 Å². The normalized spacial score (nSPS) is 16.3. The molecule has 11 nitrogen and oxygen atoms in total. The summed E-state index contributed by atoms with van der Waals surface area (Å²) in [4.78, 5) is 25.6. The Labute approximate surface area is 200 Å². The van der Waals surface area contributed by atoms with E-state index in [-0.39, 0.29) is 38.4 Å². The highest BCUT2D eigenvalue weighted by Crippen LogP contribution is 2.45. The first kappa shape index (κ1) is 23.3. The molecule has 35 heavy (non-hydrogen) atoms. The van der Waals surface area contributed by atoms with Gasteiger partial charge in [-0.1, -0.05) is 18.2 Å². The molecule has 2 unspecified atom stereocenters. The number of pyridine rings is 1. The summed E-state index contributed by atoms with van der Waals surface area (Å²) in [5, 5.41) is 32.0. The van der Waals surface area contributed by atoms with Gasteiger partial charge in [0.1, 0.15) is 17.3 Å². The van der Waals surface area contributed by atoms with E-state index in [1.165, 1.54) is 54.7 Å². The number of aromatic nitrogens is 1. The second-order valence-corrected chi connectivity index (χ2v) is 8.65. The zero-order chi connectivity index (χ0) is 25.1. The molecule has 0 radical (unpaired) electrons.